The van der Waals surface area contributed by atoms with E-state index in [1.807, 2.05) is 4.90 Å². The fraction of sp³-hybridized carbons (Fsp3) is 0.400. The predicted molar refractivity (Wildman–Crippen MR) is 139 cm³/mol. The number of methoxy groups -OCH3 is 1. The van der Waals surface area contributed by atoms with Crippen LogP contribution in [-0.4, -0.2) is 72.3 Å². The third-order valence-corrected chi connectivity index (χ3v) is 8.68. The minimum atomic E-state index is -3.90. The van der Waals surface area contributed by atoms with E-state index in [1.165, 1.54) is 43.6 Å². The van der Waals surface area contributed by atoms with Crippen LogP contribution >= 0.6 is 0 Å². The van der Waals surface area contributed by atoms with Crippen molar-refractivity contribution in [1.82, 2.24) is 19.9 Å². The first-order chi connectivity index (χ1) is 17.8. The zero-order chi connectivity index (χ0) is 28.3. The second-order valence-corrected chi connectivity index (χ2v) is 11.8. The molecule has 2 aromatic carbocycles. The summed E-state index contributed by atoms with van der Waals surface area (Å²) < 4.78 is 58.5. The third kappa shape index (κ3) is 5.90. The van der Waals surface area contributed by atoms with Crippen LogP contribution in [0.2, 0.25) is 0 Å². The number of nitrogens with zero attached hydrogens (tertiary/aromatic N) is 3. The molecule has 0 aliphatic carbocycles. The van der Waals surface area contributed by atoms with Crippen molar-refractivity contribution in [2.75, 3.05) is 33.6 Å². The summed E-state index contributed by atoms with van der Waals surface area (Å²) in [4.78, 5) is 31.2. The molecular weight excluding hydrogens is 522 g/mol. The largest absolute Gasteiger partial charge is 0.383 e. The monoisotopic (exact) mass is 553 g/mol. The van der Waals surface area contributed by atoms with Crippen LogP contribution in [0.15, 0.2) is 41.5 Å². The van der Waals surface area contributed by atoms with Crippen molar-refractivity contribution < 1.29 is 31.9 Å². The lowest BCUT2D eigenvalue weighted by Gasteiger charge is -2.24. The lowest BCUT2D eigenvalue weighted by atomic mass is 10.0. The summed E-state index contributed by atoms with van der Waals surface area (Å²) >= 11 is 0. The van der Waals surface area contributed by atoms with Gasteiger partial charge in [-0.3, -0.25) is 19.1 Å². The standard InChI is InChI=1S/C25H30F2N4O6S/c1-25(24(33)29-34,38(4,35)36)9-10-31-15-28-20-13-16(5-8-19(20)23(31)32)18-7-6-17(21(26)22(18)27)14-30(2)11-12-37-3/h5-8,13,15,34H,9-12,14H2,1-4H3,(H,29,33)/p+1/t25-/m1/s1. The Balaban J connectivity index is 1.90. The highest BCUT2D eigenvalue weighted by Crippen LogP contribution is 2.29. The number of halogens is 2. The van der Waals surface area contributed by atoms with Gasteiger partial charge in [-0.05, 0) is 38.1 Å². The van der Waals surface area contributed by atoms with E-state index in [9.17, 15) is 26.8 Å². The Hall–Kier alpha value is -3.26. The van der Waals surface area contributed by atoms with Crippen LogP contribution in [0.3, 0.4) is 0 Å². The van der Waals surface area contributed by atoms with E-state index in [1.54, 1.807) is 19.6 Å². The Morgan fingerprint density at radius 3 is 2.58 bits per heavy atom. The van der Waals surface area contributed by atoms with E-state index in [-0.39, 0.29) is 41.5 Å². The molecule has 10 nitrogen and oxygen atoms in total. The lowest BCUT2D eigenvalue weighted by molar-refractivity contribution is -0.131. The number of hydroxylamine groups is 1. The molecule has 0 aliphatic heterocycles. The molecule has 13 heteroatoms. The number of aromatic nitrogens is 2. The van der Waals surface area contributed by atoms with E-state index in [4.69, 9.17) is 9.94 Å². The number of likely N-dealkylation sites (N-methyl/N-ethyl adjacent to an activating group) is 1. The van der Waals surface area contributed by atoms with E-state index < -0.39 is 37.7 Å². The van der Waals surface area contributed by atoms with Gasteiger partial charge in [0.1, 0.15) is 0 Å². The van der Waals surface area contributed by atoms with Crippen LogP contribution in [0.4, 0.5) is 8.78 Å². The van der Waals surface area contributed by atoms with Gasteiger partial charge in [-0.2, -0.15) is 0 Å². The van der Waals surface area contributed by atoms with Gasteiger partial charge in [-0.25, -0.2) is 22.2 Å². The number of sulfone groups is 1. The van der Waals surface area contributed by atoms with Crippen LogP contribution in [0.5, 0.6) is 0 Å². The number of carbonyl (C=O) groups excluding carboxylic acids is 1. The Morgan fingerprint density at radius 2 is 1.95 bits per heavy atom. The number of hydrogen-bond donors (Lipinski definition) is 1. The summed E-state index contributed by atoms with van der Waals surface area (Å²) in [7, 11) is -0.564. The number of benzene rings is 2. The molecule has 1 heterocycles. The SMILES string of the molecule is COCCN(C)Cc1ccc(-c2ccc3c(=O)n(CC[C@](C)(C(=O)N[OH2+])S(C)(=O)=O)cnc3c2)c(F)c1F. The number of amides is 1. The van der Waals surface area contributed by atoms with Crippen molar-refractivity contribution >= 4 is 26.6 Å². The summed E-state index contributed by atoms with van der Waals surface area (Å²) in [6, 6.07) is 7.37. The summed E-state index contributed by atoms with van der Waals surface area (Å²) in [6.45, 7) is 2.25. The number of nitrogens with one attached hydrogen (secondary N) is 1. The number of aryl methyl sites for hydroxylation is 1. The topological polar surface area (TPSA) is 134 Å². The van der Waals surface area contributed by atoms with Crippen LogP contribution in [-0.2, 0) is 32.5 Å². The number of rotatable bonds is 11. The third-order valence-electron chi connectivity index (χ3n) is 6.66. The van der Waals surface area contributed by atoms with E-state index in [2.05, 4.69) is 4.98 Å². The van der Waals surface area contributed by atoms with E-state index in [0.29, 0.717) is 18.7 Å². The molecule has 0 aliphatic rings. The Kier molecular flexibility index (Phi) is 8.97. The highest BCUT2D eigenvalue weighted by atomic mass is 32.2. The Morgan fingerprint density at radius 1 is 1.24 bits per heavy atom. The van der Waals surface area contributed by atoms with Gasteiger partial charge in [-0.1, -0.05) is 18.2 Å². The maximum atomic E-state index is 15.0. The van der Waals surface area contributed by atoms with Gasteiger partial charge in [0, 0.05) is 44.1 Å². The number of fused-ring (bicyclic) bond motifs is 1. The van der Waals surface area contributed by atoms with Crippen molar-refractivity contribution in [2.45, 2.75) is 31.2 Å². The minimum Gasteiger partial charge on any atom is -0.383 e. The fourth-order valence-corrected chi connectivity index (χ4v) is 4.82. The predicted octanol–water partition coefficient (Wildman–Crippen LogP) is 1.37. The molecule has 0 fully saturated rings. The molecule has 0 saturated heterocycles. The maximum absolute atomic E-state index is 15.0. The molecule has 1 atom stereocenters. The molecule has 3 aromatic rings. The lowest BCUT2D eigenvalue weighted by Crippen LogP contribution is -2.50. The van der Waals surface area contributed by atoms with Crippen LogP contribution in [0.25, 0.3) is 22.0 Å². The molecule has 1 amide bonds. The van der Waals surface area contributed by atoms with Crippen molar-refractivity contribution in [3.63, 3.8) is 0 Å². The average Bonchev–Trinajstić information content (AvgIpc) is 2.88. The Labute approximate surface area is 218 Å². The first-order valence-corrected chi connectivity index (χ1v) is 13.5. The molecule has 38 heavy (non-hydrogen) atoms. The second kappa shape index (κ2) is 11.6. The first-order valence-electron chi connectivity index (χ1n) is 11.6. The quantitative estimate of drug-likeness (QED) is 0.280. The van der Waals surface area contributed by atoms with Gasteiger partial charge < -0.3 is 9.94 Å². The van der Waals surface area contributed by atoms with Crippen LogP contribution in [0.1, 0.15) is 18.9 Å². The van der Waals surface area contributed by atoms with Gasteiger partial charge in [0.15, 0.2) is 26.2 Å². The van der Waals surface area contributed by atoms with Gasteiger partial charge in [0.05, 0.1) is 23.8 Å². The van der Waals surface area contributed by atoms with Crippen LogP contribution < -0.4 is 11.0 Å². The molecule has 0 unspecified atom stereocenters. The molecule has 0 radical (unpaired) electrons. The number of ether oxygens (including phenoxy) is 1. The van der Waals surface area contributed by atoms with Crippen molar-refractivity contribution in [3.05, 3.63) is 64.2 Å². The van der Waals surface area contributed by atoms with Gasteiger partial charge >= 0.3 is 5.91 Å². The highest BCUT2D eigenvalue weighted by molar-refractivity contribution is 7.92. The highest BCUT2D eigenvalue weighted by Gasteiger charge is 2.44. The van der Waals surface area contributed by atoms with Crippen molar-refractivity contribution in [3.8, 4) is 11.1 Å². The molecule has 0 bridgehead atoms. The number of carbonyl (C=O) groups is 1. The maximum Gasteiger partial charge on any atom is 0.304 e. The van der Waals surface area contributed by atoms with E-state index >= 15 is 0 Å². The first kappa shape index (κ1) is 29.3. The van der Waals surface area contributed by atoms with Gasteiger partial charge in [0.25, 0.3) is 5.56 Å². The summed E-state index contributed by atoms with van der Waals surface area (Å²) in [5.41, 5.74) is 1.90. The Bertz CT molecular complexity index is 1510. The average molecular weight is 554 g/mol. The zero-order valence-electron chi connectivity index (χ0n) is 21.5. The molecule has 1 aromatic heterocycles. The molecule has 3 N–H and O–H groups in total. The summed E-state index contributed by atoms with van der Waals surface area (Å²) in [5.74, 6) is -2.97. The van der Waals surface area contributed by atoms with Crippen LogP contribution in [0, 0.1) is 11.6 Å². The number of hydrogen-bond acceptors (Lipinski definition) is 7. The zero-order valence-corrected chi connectivity index (χ0v) is 22.4. The molecule has 3 rings (SSSR count). The van der Waals surface area contributed by atoms with E-state index in [0.717, 1.165) is 10.8 Å². The fourth-order valence-electron chi connectivity index (χ4n) is 3.97. The minimum absolute atomic E-state index is 0.0176. The molecule has 0 spiro atoms. The summed E-state index contributed by atoms with van der Waals surface area (Å²) in [5, 5.41) is 7.24. The molecule has 206 valence electrons. The molecular formula is C25H31F2N4O6S+. The second-order valence-electron chi connectivity index (χ2n) is 9.31. The molecule has 0 saturated carbocycles. The summed E-state index contributed by atoms with van der Waals surface area (Å²) in [6.07, 6.45) is 1.82. The van der Waals surface area contributed by atoms with Crippen molar-refractivity contribution in [2.24, 2.45) is 0 Å². The normalized spacial score (nSPS) is 13.6. The van der Waals surface area contributed by atoms with Gasteiger partial charge in [0.2, 0.25) is 0 Å². The van der Waals surface area contributed by atoms with Gasteiger partial charge in [-0.15, -0.1) is 5.48 Å². The van der Waals surface area contributed by atoms with Crippen molar-refractivity contribution in [1.29, 1.82) is 0 Å². The smallest absolute Gasteiger partial charge is 0.304 e.